The maximum absolute atomic E-state index is 13.8. The molecule has 0 aliphatic heterocycles. The molecule has 0 bridgehead atoms. The first kappa shape index (κ1) is 15.8. The van der Waals surface area contributed by atoms with Crippen LogP contribution in [-0.4, -0.2) is 10.5 Å². The zero-order chi connectivity index (χ0) is 17.6. The number of carbonyl (C=O) groups excluding carboxylic acids is 1. The van der Waals surface area contributed by atoms with Gasteiger partial charge in [0.1, 0.15) is 5.82 Å². The summed E-state index contributed by atoms with van der Waals surface area (Å²) in [6.45, 7) is 0.584. The Kier molecular flexibility index (Phi) is 3.81. The topological polar surface area (TPSA) is 48.0 Å². The van der Waals surface area contributed by atoms with E-state index in [1.807, 2.05) is 30.3 Å². The number of nitrogens with two attached hydrogens (primary N) is 1. The van der Waals surface area contributed by atoms with Crippen molar-refractivity contribution < 1.29 is 9.18 Å². The molecule has 25 heavy (non-hydrogen) atoms. The molecule has 0 saturated heterocycles. The summed E-state index contributed by atoms with van der Waals surface area (Å²) in [6.07, 6.45) is 0. The van der Waals surface area contributed by atoms with Gasteiger partial charge in [0.15, 0.2) is 0 Å². The van der Waals surface area contributed by atoms with Crippen molar-refractivity contribution in [2.45, 2.75) is 6.54 Å². The molecule has 0 saturated carbocycles. The molecule has 4 rings (SSSR count). The molecule has 0 atom stereocenters. The fraction of sp³-hybridized carbons (Fsp3) is 0.0500. The molecule has 1 aromatic heterocycles. The molecule has 0 fully saturated rings. The number of aromatic nitrogens is 1. The summed E-state index contributed by atoms with van der Waals surface area (Å²) >= 11 is 3.48. The molecule has 0 aliphatic carbocycles. The maximum Gasteiger partial charge on any atom is 0.249 e. The third kappa shape index (κ3) is 2.70. The van der Waals surface area contributed by atoms with Gasteiger partial charge in [-0.3, -0.25) is 4.79 Å². The highest BCUT2D eigenvalue weighted by Gasteiger charge is 2.17. The summed E-state index contributed by atoms with van der Waals surface area (Å²) in [7, 11) is 0. The number of fused-ring (bicyclic) bond motifs is 3. The SMILES string of the molecule is NC(=O)c1cccc2c1c1[c]c(F)ccc1n2Cc1cccc(Br)c1. The van der Waals surface area contributed by atoms with E-state index in [0.717, 1.165) is 21.1 Å². The number of hydrogen-bond acceptors (Lipinski definition) is 1. The lowest BCUT2D eigenvalue weighted by atomic mass is 10.1. The lowest BCUT2D eigenvalue weighted by molar-refractivity contribution is 0.100. The van der Waals surface area contributed by atoms with Crippen molar-refractivity contribution in [3.8, 4) is 0 Å². The maximum atomic E-state index is 13.8. The average Bonchev–Trinajstić information content (AvgIpc) is 2.88. The van der Waals surface area contributed by atoms with Crippen LogP contribution in [0.1, 0.15) is 15.9 Å². The van der Waals surface area contributed by atoms with Crippen molar-refractivity contribution in [2.24, 2.45) is 5.73 Å². The van der Waals surface area contributed by atoms with E-state index in [4.69, 9.17) is 5.73 Å². The molecule has 3 nitrogen and oxygen atoms in total. The van der Waals surface area contributed by atoms with Crippen LogP contribution in [0.15, 0.2) is 59.1 Å². The van der Waals surface area contributed by atoms with Crippen molar-refractivity contribution in [3.63, 3.8) is 0 Å². The standard InChI is InChI=1S/C20H13BrFN2O/c21-13-4-1-3-12(9-13)11-24-17-8-7-14(22)10-16(17)19-15(20(23)25)5-2-6-18(19)24/h1-9H,11H2,(H2,23,25). The minimum Gasteiger partial charge on any atom is -0.366 e. The fourth-order valence-corrected chi connectivity index (χ4v) is 3.67. The lowest BCUT2D eigenvalue weighted by Gasteiger charge is -2.08. The second-order valence-corrected chi connectivity index (χ2v) is 6.76. The quantitative estimate of drug-likeness (QED) is 0.539. The number of halogens is 2. The Morgan fingerprint density at radius 2 is 1.92 bits per heavy atom. The van der Waals surface area contributed by atoms with E-state index in [0.29, 0.717) is 22.9 Å². The molecule has 0 spiro atoms. The van der Waals surface area contributed by atoms with E-state index in [2.05, 4.69) is 26.6 Å². The number of primary amides is 1. The monoisotopic (exact) mass is 395 g/mol. The van der Waals surface area contributed by atoms with Crippen LogP contribution in [0.5, 0.6) is 0 Å². The van der Waals surface area contributed by atoms with Gasteiger partial charge in [-0.1, -0.05) is 34.1 Å². The molecular formula is C20H13BrFN2O. The van der Waals surface area contributed by atoms with Gasteiger partial charge in [-0.15, -0.1) is 0 Å². The van der Waals surface area contributed by atoms with Crippen LogP contribution in [-0.2, 0) is 6.54 Å². The second kappa shape index (κ2) is 6.01. The second-order valence-electron chi connectivity index (χ2n) is 5.85. The zero-order valence-electron chi connectivity index (χ0n) is 13.1. The molecule has 1 heterocycles. The molecule has 1 amide bonds. The first-order chi connectivity index (χ1) is 12.0. The number of nitrogens with zero attached hydrogens (tertiary/aromatic N) is 1. The molecule has 0 aliphatic rings. The predicted octanol–water partition coefficient (Wildman–Crippen LogP) is 4.64. The first-order valence-corrected chi connectivity index (χ1v) is 8.51. The summed E-state index contributed by atoms with van der Waals surface area (Å²) in [6, 6.07) is 19.2. The van der Waals surface area contributed by atoms with E-state index >= 15 is 0 Å². The van der Waals surface area contributed by atoms with Gasteiger partial charge in [0.25, 0.3) is 0 Å². The highest BCUT2D eigenvalue weighted by Crippen LogP contribution is 2.32. The summed E-state index contributed by atoms with van der Waals surface area (Å²) in [4.78, 5) is 11.9. The van der Waals surface area contributed by atoms with Crippen molar-refractivity contribution >= 4 is 43.6 Å². The Balaban J connectivity index is 2.05. The van der Waals surface area contributed by atoms with Crippen molar-refractivity contribution in [1.29, 1.82) is 0 Å². The number of hydrogen-bond donors (Lipinski definition) is 1. The summed E-state index contributed by atoms with van der Waals surface area (Å²) in [5.41, 5.74) is 8.62. The highest BCUT2D eigenvalue weighted by molar-refractivity contribution is 9.10. The van der Waals surface area contributed by atoms with Gasteiger partial charge in [0.05, 0.1) is 11.0 Å². The molecule has 5 heteroatoms. The number of rotatable bonds is 3. The highest BCUT2D eigenvalue weighted by atomic mass is 79.9. The summed E-state index contributed by atoms with van der Waals surface area (Å²) in [5, 5.41) is 1.21. The van der Waals surface area contributed by atoms with Gasteiger partial charge in [0.2, 0.25) is 5.91 Å². The van der Waals surface area contributed by atoms with Crippen LogP contribution >= 0.6 is 15.9 Å². The van der Waals surface area contributed by atoms with Crippen molar-refractivity contribution in [2.75, 3.05) is 0 Å². The largest absolute Gasteiger partial charge is 0.366 e. The Labute approximate surface area is 152 Å². The van der Waals surface area contributed by atoms with Gasteiger partial charge >= 0.3 is 0 Å². The van der Waals surface area contributed by atoms with Crippen LogP contribution in [0.4, 0.5) is 4.39 Å². The number of benzene rings is 3. The third-order valence-electron chi connectivity index (χ3n) is 4.26. The van der Waals surface area contributed by atoms with Gasteiger partial charge in [0, 0.05) is 33.4 Å². The average molecular weight is 396 g/mol. The zero-order valence-corrected chi connectivity index (χ0v) is 14.7. The molecule has 3 aromatic carbocycles. The van der Waals surface area contributed by atoms with Gasteiger partial charge in [-0.05, 0) is 42.0 Å². The van der Waals surface area contributed by atoms with Crippen LogP contribution in [0.2, 0.25) is 0 Å². The molecule has 1 radical (unpaired) electrons. The summed E-state index contributed by atoms with van der Waals surface area (Å²) < 4.78 is 16.8. The fourth-order valence-electron chi connectivity index (χ4n) is 3.23. The van der Waals surface area contributed by atoms with Crippen LogP contribution in [0, 0.1) is 11.9 Å². The molecule has 4 aromatic rings. The van der Waals surface area contributed by atoms with Crippen LogP contribution < -0.4 is 5.73 Å². The van der Waals surface area contributed by atoms with Crippen LogP contribution in [0.25, 0.3) is 21.8 Å². The Morgan fingerprint density at radius 1 is 1.12 bits per heavy atom. The summed E-state index contributed by atoms with van der Waals surface area (Å²) in [5.74, 6) is -1.00. The normalized spacial score (nSPS) is 11.3. The third-order valence-corrected chi connectivity index (χ3v) is 4.75. The molecule has 123 valence electrons. The van der Waals surface area contributed by atoms with E-state index in [1.165, 1.54) is 6.07 Å². The van der Waals surface area contributed by atoms with Gasteiger partial charge in [-0.2, -0.15) is 0 Å². The van der Waals surface area contributed by atoms with E-state index in [-0.39, 0.29) is 0 Å². The van der Waals surface area contributed by atoms with E-state index < -0.39 is 11.7 Å². The molecule has 0 unspecified atom stereocenters. The lowest BCUT2D eigenvalue weighted by Crippen LogP contribution is -2.11. The van der Waals surface area contributed by atoms with Crippen molar-refractivity contribution in [3.05, 3.63) is 82.1 Å². The van der Waals surface area contributed by atoms with E-state index in [1.54, 1.807) is 18.2 Å². The minimum atomic E-state index is -0.537. The van der Waals surface area contributed by atoms with Gasteiger partial charge in [-0.25, -0.2) is 4.39 Å². The van der Waals surface area contributed by atoms with E-state index in [9.17, 15) is 9.18 Å². The molecule has 2 N–H and O–H groups in total. The Hall–Kier alpha value is -2.66. The van der Waals surface area contributed by atoms with Crippen molar-refractivity contribution in [1.82, 2.24) is 4.57 Å². The van der Waals surface area contributed by atoms with Gasteiger partial charge < -0.3 is 10.3 Å². The molecular weight excluding hydrogens is 383 g/mol. The minimum absolute atomic E-state index is 0.373. The smallest absolute Gasteiger partial charge is 0.249 e. The first-order valence-electron chi connectivity index (χ1n) is 7.71. The van der Waals surface area contributed by atoms with Crippen LogP contribution in [0.3, 0.4) is 0 Å². The predicted molar refractivity (Wildman–Crippen MR) is 100.0 cm³/mol. The Bertz CT molecular complexity index is 1130. The number of carbonyl (C=O) groups is 1. The number of amides is 1. The Morgan fingerprint density at radius 3 is 2.68 bits per heavy atom.